The number of non-ortho nitro benzene ring substituents is 1. The van der Waals surface area contributed by atoms with E-state index in [2.05, 4.69) is 35.5 Å². The van der Waals surface area contributed by atoms with Gasteiger partial charge < -0.3 is 9.57 Å². The van der Waals surface area contributed by atoms with E-state index >= 15 is 0 Å². The van der Waals surface area contributed by atoms with E-state index in [9.17, 15) is 10.1 Å². The molecular formula is C25H20N2O4. The van der Waals surface area contributed by atoms with Crippen LogP contribution in [0.1, 0.15) is 16.7 Å². The second-order valence-corrected chi connectivity index (χ2v) is 6.97. The first-order valence-corrected chi connectivity index (χ1v) is 9.76. The molecule has 0 heterocycles. The highest BCUT2D eigenvalue weighted by Gasteiger charge is 2.05. The molecule has 0 aliphatic rings. The molecule has 0 N–H and O–H groups in total. The lowest BCUT2D eigenvalue weighted by Crippen LogP contribution is -1.95. The predicted molar refractivity (Wildman–Crippen MR) is 120 cm³/mol. The Morgan fingerprint density at radius 1 is 0.806 bits per heavy atom. The summed E-state index contributed by atoms with van der Waals surface area (Å²) >= 11 is 0. The molecule has 0 saturated carbocycles. The monoisotopic (exact) mass is 412 g/mol. The molecule has 0 saturated heterocycles. The van der Waals surface area contributed by atoms with Gasteiger partial charge in [-0.05, 0) is 57.8 Å². The van der Waals surface area contributed by atoms with Gasteiger partial charge in [0, 0.05) is 12.1 Å². The number of rotatable bonds is 8. The van der Waals surface area contributed by atoms with Crippen molar-refractivity contribution in [3.8, 4) is 5.75 Å². The summed E-state index contributed by atoms with van der Waals surface area (Å²) in [5.41, 5.74) is 2.68. The molecule has 4 aromatic rings. The van der Waals surface area contributed by atoms with Crippen molar-refractivity contribution in [1.82, 2.24) is 0 Å². The molecule has 6 nitrogen and oxygen atoms in total. The number of hydrogen-bond donors (Lipinski definition) is 0. The van der Waals surface area contributed by atoms with E-state index < -0.39 is 4.92 Å². The van der Waals surface area contributed by atoms with Gasteiger partial charge in [-0.1, -0.05) is 53.7 Å². The zero-order valence-electron chi connectivity index (χ0n) is 16.7. The Morgan fingerprint density at radius 3 is 2.39 bits per heavy atom. The van der Waals surface area contributed by atoms with Crippen LogP contribution in [0.15, 0.2) is 96.2 Å². The summed E-state index contributed by atoms with van der Waals surface area (Å²) in [4.78, 5) is 15.6. The lowest BCUT2D eigenvalue weighted by atomic mass is 10.1. The molecule has 0 unspecified atom stereocenters. The average Bonchev–Trinajstić information content (AvgIpc) is 2.81. The fraction of sp³-hybridized carbons (Fsp3) is 0.0800. The van der Waals surface area contributed by atoms with Crippen molar-refractivity contribution >= 4 is 22.7 Å². The van der Waals surface area contributed by atoms with Crippen LogP contribution in [0.5, 0.6) is 5.75 Å². The zero-order valence-corrected chi connectivity index (χ0v) is 16.7. The van der Waals surface area contributed by atoms with Crippen LogP contribution >= 0.6 is 0 Å². The number of fused-ring (bicyclic) bond motifs is 1. The summed E-state index contributed by atoms with van der Waals surface area (Å²) < 4.78 is 5.88. The van der Waals surface area contributed by atoms with Gasteiger partial charge in [-0.15, -0.1) is 0 Å². The minimum absolute atomic E-state index is 0.0318. The molecule has 154 valence electrons. The number of nitrogens with zero attached hydrogens (tertiary/aromatic N) is 2. The molecule has 4 aromatic carbocycles. The number of ether oxygens (including phenoxy) is 1. The third-order valence-corrected chi connectivity index (χ3v) is 4.73. The zero-order chi connectivity index (χ0) is 21.5. The summed E-state index contributed by atoms with van der Waals surface area (Å²) in [6.07, 6.45) is 1.59. The minimum Gasteiger partial charge on any atom is -0.489 e. The van der Waals surface area contributed by atoms with Crippen LogP contribution in [0.25, 0.3) is 10.8 Å². The number of oxime groups is 1. The van der Waals surface area contributed by atoms with E-state index in [4.69, 9.17) is 9.57 Å². The van der Waals surface area contributed by atoms with Crippen molar-refractivity contribution in [2.75, 3.05) is 0 Å². The highest BCUT2D eigenvalue weighted by atomic mass is 16.6. The molecule has 6 heteroatoms. The topological polar surface area (TPSA) is 74.0 Å². The van der Waals surface area contributed by atoms with Crippen LogP contribution in [-0.4, -0.2) is 11.1 Å². The number of nitro groups is 1. The smallest absolute Gasteiger partial charge is 0.269 e. The van der Waals surface area contributed by atoms with E-state index in [1.54, 1.807) is 18.3 Å². The summed E-state index contributed by atoms with van der Waals surface area (Å²) in [5, 5.41) is 17.1. The maximum absolute atomic E-state index is 10.8. The number of hydrogen-bond acceptors (Lipinski definition) is 5. The quantitative estimate of drug-likeness (QED) is 0.206. The Morgan fingerprint density at radius 2 is 1.58 bits per heavy atom. The summed E-state index contributed by atoms with van der Waals surface area (Å²) in [6.45, 7) is 0.649. The maximum atomic E-state index is 10.8. The lowest BCUT2D eigenvalue weighted by molar-refractivity contribution is -0.384. The second-order valence-electron chi connectivity index (χ2n) is 6.97. The highest BCUT2D eigenvalue weighted by Crippen LogP contribution is 2.18. The van der Waals surface area contributed by atoms with Gasteiger partial charge in [0.1, 0.15) is 19.0 Å². The first kappa shape index (κ1) is 20.1. The lowest BCUT2D eigenvalue weighted by Gasteiger charge is -2.07. The van der Waals surface area contributed by atoms with Crippen molar-refractivity contribution < 1.29 is 14.5 Å². The van der Waals surface area contributed by atoms with Gasteiger partial charge in [0.2, 0.25) is 0 Å². The Balaban J connectivity index is 1.28. The molecule has 31 heavy (non-hydrogen) atoms. The average molecular weight is 412 g/mol. The standard InChI is InChI=1S/C25H20N2O4/c28-27(29)24-7-3-4-20(15-24)18-31-26-16-19-9-12-25(13-10-19)30-17-21-8-11-22-5-1-2-6-23(22)14-21/h1-16H,17-18H2/b26-16-. The molecule has 0 fully saturated rings. The van der Waals surface area contributed by atoms with Crippen LogP contribution in [0.2, 0.25) is 0 Å². The summed E-state index contributed by atoms with van der Waals surface area (Å²) in [5.74, 6) is 0.767. The predicted octanol–water partition coefficient (Wildman–Crippen LogP) is 5.88. The van der Waals surface area contributed by atoms with E-state index in [1.165, 1.54) is 22.9 Å². The first-order chi connectivity index (χ1) is 15.2. The van der Waals surface area contributed by atoms with Crippen molar-refractivity contribution in [2.45, 2.75) is 13.2 Å². The van der Waals surface area contributed by atoms with Crippen molar-refractivity contribution in [1.29, 1.82) is 0 Å². The molecule has 0 aliphatic carbocycles. The Hall–Kier alpha value is -4.19. The van der Waals surface area contributed by atoms with Crippen molar-refractivity contribution in [3.63, 3.8) is 0 Å². The van der Waals surface area contributed by atoms with Crippen LogP contribution in [0, 0.1) is 10.1 Å². The first-order valence-electron chi connectivity index (χ1n) is 9.76. The Labute approximate surface area is 179 Å². The normalized spacial score (nSPS) is 11.0. The summed E-state index contributed by atoms with van der Waals surface area (Å²) in [6, 6.07) is 28.4. The largest absolute Gasteiger partial charge is 0.489 e. The van der Waals surface area contributed by atoms with E-state index in [1.807, 2.05) is 36.4 Å². The van der Waals surface area contributed by atoms with Gasteiger partial charge in [-0.25, -0.2) is 0 Å². The third kappa shape index (κ3) is 5.45. The minimum atomic E-state index is -0.434. The molecule has 0 radical (unpaired) electrons. The third-order valence-electron chi connectivity index (χ3n) is 4.73. The molecular weight excluding hydrogens is 392 g/mol. The van der Waals surface area contributed by atoms with Crippen molar-refractivity contribution in [3.05, 3.63) is 118 Å². The van der Waals surface area contributed by atoms with Gasteiger partial charge >= 0.3 is 0 Å². The fourth-order valence-corrected chi connectivity index (χ4v) is 3.12. The van der Waals surface area contributed by atoms with Crippen molar-refractivity contribution in [2.24, 2.45) is 5.16 Å². The van der Waals surface area contributed by atoms with E-state index in [-0.39, 0.29) is 12.3 Å². The second kappa shape index (κ2) is 9.54. The molecule has 0 bridgehead atoms. The van der Waals surface area contributed by atoms with Gasteiger partial charge in [0.05, 0.1) is 11.1 Å². The van der Waals surface area contributed by atoms with Gasteiger partial charge in [0.15, 0.2) is 0 Å². The number of nitro benzene ring substituents is 1. The Kier molecular flexibility index (Phi) is 6.18. The molecule has 0 amide bonds. The van der Waals surface area contributed by atoms with Crippen LogP contribution in [-0.2, 0) is 18.1 Å². The SMILES string of the molecule is O=[N+]([O-])c1cccc(CO/N=C\c2ccc(OCc3ccc4ccccc4c3)cc2)c1. The molecule has 0 aromatic heterocycles. The van der Waals surface area contributed by atoms with Gasteiger partial charge in [-0.2, -0.15) is 0 Å². The fourth-order valence-electron chi connectivity index (χ4n) is 3.12. The molecule has 0 aliphatic heterocycles. The van der Waals surface area contributed by atoms with E-state index in [0.29, 0.717) is 12.2 Å². The molecule has 0 spiro atoms. The maximum Gasteiger partial charge on any atom is 0.269 e. The van der Waals surface area contributed by atoms with Gasteiger partial charge in [-0.3, -0.25) is 10.1 Å². The van der Waals surface area contributed by atoms with Crippen LogP contribution in [0.4, 0.5) is 5.69 Å². The van der Waals surface area contributed by atoms with Crippen LogP contribution < -0.4 is 4.74 Å². The van der Waals surface area contributed by atoms with Gasteiger partial charge in [0.25, 0.3) is 5.69 Å². The molecule has 4 rings (SSSR count). The highest BCUT2D eigenvalue weighted by molar-refractivity contribution is 5.83. The van der Waals surface area contributed by atoms with E-state index in [0.717, 1.165) is 16.9 Å². The molecule has 0 atom stereocenters. The summed E-state index contributed by atoms with van der Waals surface area (Å²) in [7, 11) is 0. The number of benzene rings is 4. The Bertz CT molecular complexity index is 1220. The van der Waals surface area contributed by atoms with Crippen LogP contribution in [0.3, 0.4) is 0 Å².